The number of aromatic nitrogens is 1. The molecule has 2 aromatic carbocycles. The van der Waals surface area contributed by atoms with Crippen molar-refractivity contribution in [3.63, 3.8) is 0 Å². The SMILES string of the molecule is CCOCc1ccc(N=C(NC(=O)OC(C)(C)C)Nc2c[nH]c(-c3ccccc3)c2)cc1. The molecule has 0 saturated heterocycles. The Morgan fingerprint density at radius 3 is 2.44 bits per heavy atom. The Morgan fingerprint density at radius 1 is 1.06 bits per heavy atom. The number of carbonyl (C=O) groups is 1. The van der Waals surface area contributed by atoms with Gasteiger partial charge in [-0.2, -0.15) is 0 Å². The molecule has 7 nitrogen and oxygen atoms in total. The summed E-state index contributed by atoms with van der Waals surface area (Å²) in [6.07, 6.45) is 1.23. The van der Waals surface area contributed by atoms with Gasteiger partial charge in [0, 0.05) is 18.5 Å². The van der Waals surface area contributed by atoms with Crippen molar-refractivity contribution in [2.75, 3.05) is 11.9 Å². The van der Waals surface area contributed by atoms with Gasteiger partial charge in [-0.25, -0.2) is 9.79 Å². The molecule has 0 atom stereocenters. The fraction of sp³-hybridized carbons (Fsp3) is 0.280. The zero-order valence-corrected chi connectivity index (χ0v) is 18.9. The number of nitrogens with zero attached hydrogens (tertiary/aromatic N) is 1. The number of benzene rings is 2. The van der Waals surface area contributed by atoms with Gasteiger partial charge in [0.15, 0.2) is 0 Å². The number of aliphatic imine (C=N–C) groups is 1. The molecule has 7 heteroatoms. The lowest BCUT2D eigenvalue weighted by Crippen LogP contribution is -2.39. The minimum absolute atomic E-state index is 0.260. The van der Waals surface area contributed by atoms with Gasteiger partial charge in [0.2, 0.25) is 5.96 Å². The Labute approximate surface area is 188 Å². The molecule has 0 aliphatic heterocycles. The van der Waals surface area contributed by atoms with Crippen LogP contribution in [0.5, 0.6) is 0 Å². The Bertz CT molecular complexity index is 1040. The molecule has 3 N–H and O–H groups in total. The van der Waals surface area contributed by atoms with E-state index in [1.54, 1.807) is 0 Å². The maximum absolute atomic E-state index is 12.4. The minimum Gasteiger partial charge on any atom is -0.444 e. The summed E-state index contributed by atoms with van der Waals surface area (Å²) < 4.78 is 10.8. The molecule has 0 bridgehead atoms. The van der Waals surface area contributed by atoms with E-state index in [1.165, 1.54) is 0 Å². The predicted octanol–water partition coefficient (Wildman–Crippen LogP) is 5.84. The summed E-state index contributed by atoms with van der Waals surface area (Å²) in [5.74, 6) is 0.260. The molecule has 0 fully saturated rings. The third-order valence-corrected chi connectivity index (χ3v) is 4.30. The summed E-state index contributed by atoms with van der Waals surface area (Å²) in [4.78, 5) is 20.2. The van der Waals surface area contributed by atoms with Crippen LogP contribution in [0.1, 0.15) is 33.3 Å². The van der Waals surface area contributed by atoms with Crippen molar-refractivity contribution in [2.45, 2.75) is 39.9 Å². The number of nitrogens with one attached hydrogen (secondary N) is 3. The van der Waals surface area contributed by atoms with Gasteiger partial charge >= 0.3 is 6.09 Å². The number of guanidine groups is 1. The molecule has 1 heterocycles. The van der Waals surface area contributed by atoms with Crippen LogP contribution in [-0.4, -0.2) is 29.2 Å². The number of ether oxygens (including phenoxy) is 2. The molecule has 0 radical (unpaired) electrons. The van der Waals surface area contributed by atoms with Gasteiger partial charge < -0.3 is 19.8 Å². The molecule has 0 aliphatic rings. The number of carbonyl (C=O) groups excluding carboxylic acids is 1. The predicted molar refractivity (Wildman–Crippen MR) is 128 cm³/mol. The summed E-state index contributed by atoms with van der Waals surface area (Å²) in [6, 6.07) is 19.6. The van der Waals surface area contributed by atoms with E-state index in [4.69, 9.17) is 9.47 Å². The smallest absolute Gasteiger partial charge is 0.414 e. The molecule has 1 amide bonds. The standard InChI is InChI=1S/C25H30N4O3/c1-5-31-17-18-11-13-20(14-12-18)27-23(29-24(30)32-25(2,3)4)28-21-15-22(26-16-21)19-9-7-6-8-10-19/h6-16,26H,5,17H2,1-4H3,(H2,27,28,29,30). The molecule has 168 valence electrons. The molecule has 32 heavy (non-hydrogen) atoms. The number of hydrogen-bond donors (Lipinski definition) is 3. The second-order valence-electron chi connectivity index (χ2n) is 8.18. The van der Waals surface area contributed by atoms with Crippen LogP contribution in [0.15, 0.2) is 71.9 Å². The highest BCUT2D eigenvalue weighted by atomic mass is 16.6. The zero-order chi connectivity index (χ0) is 23.0. The number of aromatic amines is 1. The van der Waals surface area contributed by atoms with Crippen molar-refractivity contribution >= 4 is 23.4 Å². The summed E-state index contributed by atoms with van der Waals surface area (Å²) in [5.41, 5.74) is 3.88. The average Bonchev–Trinajstić information content (AvgIpc) is 3.21. The van der Waals surface area contributed by atoms with Crippen LogP contribution in [-0.2, 0) is 16.1 Å². The number of hydrogen-bond acceptors (Lipinski definition) is 4. The van der Waals surface area contributed by atoms with Gasteiger partial charge in [0.25, 0.3) is 0 Å². The van der Waals surface area contributed by atoms with Gasteiger partial charge in [-0.3, -0.25) is 5.32 Å². The van der Waals surface area contributed by atoms with Crippen molar-refractivity contribution in [3.8, 4) is 11.3 Å². The molecule has 3 aromatic rings. The Balaban J connectivity index is 1.80. The van der Waals surface area contributed by atoms with Crippen LogP contribution in [0.4, 0.5) is 16.2 Å². The third kappa shape index (κ3) is 7.28. The molecule has 3 rings (SSSR count). The Hall–Kier alpha value is -3.58. The van der Waals surface area contributed by atoms with Gasteiger partial charge in [-0.1, -0.05) is 42.5 Å². The Morgan fingerprint density at radius 2 is 1.78 bits per heavy atom. The molecular weight excluding hydrogens is 404 g/mol. The first-order chi connectivity index (χ1) is 15.3. The second-order valence-corrected chi connectivity index (χ2v) is 8.18. The Kier molecular flexibility index (Phi) is 7.68. The summed E-state index contributed by atoms with van der Waals surface area (Å²) in [5, 5.41) is 5.87. The van der Waals surface area contributed by atoms with E-state index >= 15 is 0 Å². The van der Waals surface area contributed by atoms with Crippen molar-refractivity contribution in [1.82, 2.24) is 10.3 Å². The van der Waals surface area contributed by atoms with Gasteiger partial charge in [0.05, 0.1) is 18.0 Å². The van der Waals surface area contributed by atoms with Crippen LogP contribution in [0.3, 0.4) is 0 Å². The minimum atomic E-state index is -0.620. The molecule has 0 aliphatic carbocycles. The first-order valence-corrected chi connectivity index (χ1v) is 10.6. The van der Waals surface area contributed by atoms with Crippen molar-refractivity contribution in [1.29, 1.82) is 0 Å². The van der Waals surface area contributed by atoms with Crippen LogP contribution >= 0.6 is 0 Å². The van der Waals surface area contributed by atoms with E-state index in [-0.39, 0.29) is 5.96 Å². The van der Waals surface area contributed by atoms with Gasteiger partial charge in [-0.15, -0.1) is 0 Å². The third-order valence-electron chi connectivity index (χ3n) is 4.30. The number of H-pyrrole nitrogens is 1. The molecule has 0 saturated carbocycles. The average molecular weight is 435 g/mol. The van der Waals surface area contributed by atoms with Crippen LogP contribution in [0, 0.1) is 0 Å². The summed E-state index contributed by atoms with van der Waals surface area (Å²) >= 11 is 0. The van der Waals surface area contributed by atoms with E-state index in [0.717, 1.165) is 22.5 Å². The normalized spacial score (nSPS) is 11.8. The van der Waals surface area contributed by atoms with Gasteiger partial charge in [-0.05, 0) is 57.0 Å². The monoisotopic (exact) mass is 434 g/mol. The van der Waals surface area contributed by atoms with Crippen molar-refractivity contribution < 1.29 is 14.3 Å². The first kappa shape index (κ1) is 23.1. The van der Waals surface area contributed by atoms with Crippen LogP contribution < -0.4 is 10.6 Å². The molecule has 1 aromatic heterocycles. The van der Waals surface area contributed by atoms with Gasteiger partial charge in [0.1, 0.15) is 5.60 Å². The summed E-state index contributed by atoms with van der Waals surface area (Å²) in [7, 11) is 0. The lowest BCUT2D eigenvalue weighted by Gasteiger charge is -2.20. The topological polar surface area (TPSA) is 87.7 Å². The second kappa shape index (κ2) is 10.6. The lowest BCUT2D eigenvalue weighted by atomic mass is 10.1. The van der Waals surface area contributed by atoms with E-state index in [9.17, 15) is 4.79 Å². The summed E-state index contributed by atoms with van der Waals surface area (Å²) in [6.45, 7) is 8.61. The highest BCUT2D eigenvalue weighted by molar-refractivity contribution is 6.03. The highest BCUT2D eigenvalue weighted by Gasteiger charge is 2.18. The highest BCUT2D eigenvalue weighted by Crippen LogP contribution is 2.22. The number of amides is 1. The molecular formula is C25H30N4O3. The molecule has 0 spiro atoms. The number of rotatable bonds is 6. The first-order valence-electron chi connectivity index (χ1n) is 10.6. The maximum Gasteiger partial charge on any atom is 0.414 e. The maximum atomic E-state index is 12.4. The van der Waals surface area contributed by atoms with Crippen molar-refractivity contribution in [3.05, 3.63) is 72.4 Å². The van der Waals surface area contributed by atoms with Crippen LogP contribution in [0.2, 0.25) is 0 Å². The fourth-order valence-corrected chi connectivity index (χ4v) is 2.89. The van der Waals surface area contributed by atoms with E-state index in [0.29, 0.717) is 18.9 Å². The van der Waals surface area contributed by atoms with E-state index in [2.05, 4.69) is 20.6 Å². The van der Waals surface area contributed by atoms with E-state index in [1.807, 2.05) is 94.6 Å². The fourth-order valence-electron chi connectivity index (χ4n) is 2.89. The largest absolute Gasteiger partial charge is 0.444 e. The van der Waals surface area contributed by atoms with Crippen molar-refractivity contribution in [2.24, 2.45) is 4.99 Å². The lowest BCUT2D eigenvalue weighted by molar-refractivity contribution is 0.0563. The number of alkyl carbamates (subject to hydrolysis) is 1. The van der Waals surface area contributed by atoms with Crippen LogP contribution in [0.25, 0.3) is 11.3 Å². The number of anilines is 1. The van der Waals surface area contributed by atoms with E-state index < -0.39 is 11.7 Å². The molecule has 0 unspecified atom stereocenters. The zero-order valence-electron chi connectivity index (χ0n) is 18.9. The quantitative estimate of drug-likeness (QED) is 0.336.